The van der Waals surface area contributed by atoms with Gasteiger partial charge < -0.3 is 38.8 Å². The van der Waals surface area contributed by atoms with E-state index in [1.54, 1.807) is 0 Å². The van der Waals surface area contributed by atoms with Gasteiger partial charge in [-0.05, 0) is 66.6 Å². The van der Waals surface area contributed by atoms with Crippen molar-refractivity contribution in [1.29, 1.82) is 0 Å². The topological polar surface area (TPSA) is 108 Å². The van der Waals surface area contributed by atoms with Gasteiger partial charge in [0.1, 0.15) is 18.5 Å². The Hall–Kier alpha value is -3.83. The number of ether oxygens (including phenoxy) is 6. The second-order valence-corrected chi connectivity index (χ2v) is 13.2. The van der Waals surface area contributed by atoms with Gasteiger partial charge in [-0.15, -0.1) is 0 Å². The zero-order chi connectivity index (χ0) is 32.8. The second kappa shape index (κ2) is 15.4. The van der Waals surface area contributed by atoms with Gasteiger partial charge in [-0.2, -0.15) is 0 Å². The molecule has 0 bridgehead atoms. The fourth-order valence-electron chi connectivity index (χ4n) is 6.51. The highest BCUT2D eigenvalue weighted by Gasteiger charge is 2.44. The molecule has 252 valence electrons. The van der Waals surface area contributed by atoms with Gasteiger partial charge in [-0.3, -0.25) is 4.90 Å². The van der Waals surface area contributed by atoms with Gasteiger partial charge in [-0.1, -0.05) is 61.9 Å². The molecule has 0 aliphatic carbocycles. The Labute approximate surface area is 276 Å². The molecule has 5 atom stereocenters. The first-order valence-corrected chi connectivity index (χ1v) is 16.6. The lowest BCUT2D eigenvalue weighted by molar-refractivity contribution is -0.0907. The third-order valence-electron chi connectivity index (χ3n) is 8.79. The van der Waals surface area contributed by atoms with E-state index in [0.717, 1.165) is 46.9 Å². The summed E-state index contributed by atoms with van der Waals surface area (Å²) in [6, 6.07) is 21.4. The van der Waals surface area contributed by atoms with Gasteiger partial charge in [0.15, 0.2) is 17.8 Å². The average Bonchev–Trinajstić information content (AvgIpc) is 3.79. The highest BCUT2D eigenvalue weighted by atomic mass is 16.7. The van der Waals surface area contributed by atoms with E-state index >= 15 is 0 Å². The summed E-state index contributed by atoms with van der Waals surface area (Å²) in [5.74, 6) is 2.61. The number of fused-ring (bicyclic) bond motifs is 2. The first kappa shape index (κ1) is 33.1. The molecular weight excluding hydrogens is 600 g/mol. The monoisotopic (exact) mass is 646 g/mol. The predicted octanol–water partition coefficient (Wildman–Crippen LogP) is 5.22. The van der Waals surface area contributed by atoms with Crippen molar-refractivity contribution in [2.24, 2.45) is 11.8 Å². The minimum atomic E-state index is -0.880. The van der Waals surface area contributed by atoms with Crippen LogP contribution in [0.1, 0.15) is 42.5 Å². The molecule has 2 N–H and O–H groups in total. The van der Waals surface area contributed by atoms with Gasteiger partial charge in [-0.25, -0.2) is 4.79 Å². The van der Waals surface area contributed by atoms with E-state index in [4.69, 9.17) is 28.4 Å². The summed E-state index contributed by atoms with van der Waals surface area (Å²) in [5, 5.41) is 14.7. The van der Waals surface area contributed by atoms with E-state index in [2.05, 4.69) is 43.1 Å². The van der Waals surface area contributed by atoms with Gasteiger partial charge in [0, 0.05) is 19.6 Å². The summed E-state index contributed by atoms with van der Waals surface area (Å²) >= 11 is 0. The lowest BCUT2D eigenvalue weighted by atomic mass is 10.00. The summed E-state index contributed by atoms with van der Waals surface area (Å²) < 4.78 is 34.2. The van der Waals surface area contributed by atoms with Crippen molar-refractivity contribution in [3.8, 4) is 17.2 Å². The number of nitrogens with zero attached hydrogens (tertiary/aromatic N) is 1. The number of rotatable bonds is 14. The number of aliphatic hydroxyl groups excluding tert-OH is 1. The molecule has 3 aliphatic heterocycles. The van der Waals surface area contributed by atoms with Crippen LogP contribution in [0, 0.1) is 18.8 Å². The number of aryl methyl sites for hydroxylation is 1. The number of benzene rings is 3. The minimum absolute atomic E-state index is 0.0275. The number of aliphatic hydroxyl groups is 1. The normalized spacial score (nSPS) is 21.1. The first-order valence-electron chi connectivity index (χ1n) is 16.6. The SMILES string of the molecule is Cc1cccc(COc2ccc(CC(NC(=O)OC3COC4OCCC34)C(O)CN(Cc3ccc4c(c3)OCO4)CC(C)C)cc2)c1. The second-order valence-electron chi connectivity index (χ2n) is 13.2. The Balaban J connectivity index is 1.13. The molecule has 1 amide bonds. The summed E-state index contributed by atoms with van der Waals surface area (Å²) in [4.78, 5) is 15.5. The van der Waals surface area contributed by atoms with Crippen LogP contribution in [0.4, 0.5) is 4.79 Å². The zero-order valence-corrected chi connectivity index (χ0v) is 27.4. The summed E-state index contributed by atoms with van der Waals surface area (Å²) in [5.41, 5.74) is 4.31. The maximum Gasteiger partial charge on any atom is 0.407 e. The molecule has 5 unspecified atom stereocenters. The van der Waals surface area contributed by atoms with E-state index in [9.17, 15) is 9.90 Å². The Morgan fingerprint density at radius 2 is 1.79 bits per heavy atom. The predicted molar refractivity (Wildman–Crippen MR) is 175 cm³/mol. The molecule has 47 heavy (non-hydrogen) atoms. The largest absolute Gasteiger partial charge is 0.489 e. The van der Waals surface area contributed by atoms with Crippen LogP contribution >= 0.6 is 0 Å². The molecule has 3 aromatic carbocycles. The van der Waals surface area contributed by atoms with Crippen LogP contribution in [-0.4, -0.2) is 73.7 Å². The third-order valence-corrected chi connectivity index (χ3v) is 8.79. The molecule has 6 rings (SSSR count). The summed E-state index contributed by atoms with van der Waals surface area (Å²) in [7, 11) is 0. The Kier molecular flexibility index (Phi) is 10.8. The molecular formula is C37H46N2O8. The van der Waals surface area contributed by atoms with Crippen LogP contribution in [0.3, 0.4) is 0 Å². The van der Waals surface area contributed by atoms with Crippen molar-refractivity contribution < 1.29 is 38.3 Å². The van der Waals surface area contributed by atoms with E-state index in [-0.39, 0.29) is 25.1 Å². The van der Waals surface area contributed by atoms with Crippen LogP contribution in [0.2, 0.25) is 0 Å². The number of amides is 1. The molecule has 10 nitrogen and oxygen atoms in total. The van der Waals surface area contributed by atoms with Crippen molar-refractivity contribution in [3.05, 3.63) is 89.0 Å². The van der Waals surface area contributed by atoms with E-state index < -0.39 is 18.2 Å². The Morgan fingerprint density at radius 3 is 2.60 bits per heavy atom. The molecule has 2 fully saturated rings. The van der Waals surface area contributed by atoms with Crippen molar-refractivity contribution in [2.45, 2.75) is 71.3 Å². The molecule has 2 saturated heterocycles. The number of hydrogen-bond donors (Lipinski definition) is 2. The Bertz CT molecular complexity index is 1480. The smallest absolute Gasteiger partial charge is 0.407 e. The van der Waals surface area contributed by atoms with Crippen molar-refractivity contribution in [3.63, 3.8) is 0 Å². The lowest BCUT2D eigenvalue weighted by Gasteiger charge is -2.31. The third kappa shape index (κ3) is 8.96. The van der Waals surface area contributed by atoms with Gasteiger partial charge >= 0.3 is 6.09 Å². The van der Waals surface area contributed by atoms with Crippen LogP contribution in [0.5, 0.6) is 17.2 Å². The quantitative estimate of drug-likeness (QED) is 0.244. The number of alkyl carbamates (subject to hydrolysis) is 1. The van der Waals surface area contributed by atoms with E-state index in [1.807, 2.05) is 54.6 Å². The molecule has 0 spiro atoms. The molecule has 10 heteroatoms. The minimum Gasteiger partial charge on any atom is -0.489 e. The molecule has 0 saturated carbocycles. The molecule has 3 aliphatic rings. The summed E-state index contributed by atoms with van der Waals surface area (Å²) in [6.07, 6.45) is -0.953. The Morgan fingerprint density at radius 1 is 0.979 bits per heavy atom. The fraction of sp³-hybridized carbons (Fsp3) is 0.486. The highest BCUT2D eigenvalue weighted by molar-refractivity contribution is 5.68. The van der Waals surface area contributed by atoms with Crippen molar-refractivity contribution in [2.75, 3.05) is 33.1 Å². The van der Waals surface area contributed by atoms with Crippen LogP contribution < -0.4 is 19.5 Å². The summed E-state index contributed by atoms with van der Waals surface area (Å²) in [6.45, 7) is 9.68. The first-order chi connectivity index (χ1) is 22.8. The van der Waals surface area contributed by atoms with Crippen molar-refractivity contribution in [1.82, 2.24) is 10.2 Å². The van der Waals surface area contributed by atoms with Crippen LogP contribution in [-0.2, 0) is 33.8 Å². The van der Waals surface area contributed by atoms with E-state index in [1.165, 1.54) is 5.56 Å². The zero-order valence-electron chi connectivity index (χ0n) is 27.4. The number of carbonyl (C=O) groups is 1. The highest BCUT2D eigenvalue weighted by Crippen LogP contribution is 2.34. The standard InChI is InChI=1S/C37H46N2O8/c1-24(2)18-39(19-27-9-12-33-34(17-27)46-23-45-33)20-32(40)31(38-37(41)47-35-22-44-36-30(35)13-14-42-36)16-26-7-10-29(11-8-26)43-21-28-6-4-5-25(3)15-28/h4-12,15,17,24,30-32,35-36,40H,13-14,16,18-23H2,1-3H3,(H,38,41). The number of hydrogen-bond acceptors (Lipinski definition) is 9. The van der Waals surface area contributed by atoms with Gasteiger partial charge in [0.2, 0.25) is 6.79 Å². The molecule has 3 heterocycles. The number of nitrogens with one attached hydrogen (secondary N) is 1. The van der Waals surface area contributed by atoms with E-state index in [0.29, 0.717) is 45.2 Å². The van der Waals surface area contributed by atoms with Crippen LogP contribution in [0.15, 0.2) is 66.7 Å². The molecule has 3 aromatic rings. The van der Waals surface area contributed by atoms with Crippen LogP contribution in [0.25, 0.3) is 0 Å². The molecule has 0 aromatic heterocycles. The van der Waals surface area contributed by atoms with Crippen molar-refractivity contribution >= 4 is 6.09 Å². The van der Waals surface area contributed by atoms with Gasteiger partial charge in [0.05, 0.1) is 31.3 Å². The lowest BCUT2D eigenvalue weighted by Crippen LogP contribution is -2.50. The average molecular weight is 647 g/mol. The van der Waals surface area contributed by atoms with Gasteiger partial charge in [0.25, 0.3) is 0 Å². The maximum absolute atomic E-state index is 13.3. The number of carbonyl (C=O) groups excluding carboxylic acids is 1. The fourth-order valence-corrected chi connectivity index (χ4v) is 6.51. The molecule has 0 radical (unpaired) electrons. The maximum atomic E-state index is 13.3.